The molecule has 2 aromatic carbocycles. The average molecular weight is 311 g/mol. The third-order valence-corrected chi connectivity index (χ3v) is 3.46. The minimum absolute atomic E-state index is 0.132. The van der Waals surface area contributed by atoms with Gasteiger partial charge in [0.25, 0.3) is 5.91 Å². The number of amides is 1. The molecule has 0 aliphatic rings. The fourth-order valence-corrected chi connectivity index (χ4v) is 2.14. The molecule has 0 spiro atoms. The van der Waals surface area contributed by atoms with Crippen molar-refractivity contribution in [3.8, 4) is 5.75 Å². The van der Waals surface area contributed by atoms with Gasteiger partial charge in [0.05, 0.1) is 6.42 Å². The second-order valence-corrected chi connectivity index (χ2v) is 5.35. The highest BCUT2D eigenvalue weighted by Gasteiger charge is 2.08. The third kappa shape index (κ3) is 5.25. The van der Waals surface area contributed by atoms with E-state index < -0.39 is 0 Å². The van der Waals surface area contributed by atoms with E-state index in [4.69, 9.17) is 4.74 Å². The Kier molecular flexibility index (Phi) is 5.92. The molecule has 4 heteroatoms. The highest BCUT2D eigenvalue weighted by molar-refractivity contribution is 5.94. The molecular weight excluding hydrogens is 290 g/mol. The van der Waals surface area contributed by atoms with Gasteiger partial charge in [-0.1, -0.05) is 36.8 Å². The van der Waals surface area contributed by atoms with Gasteiger partial charge in [0.2, 0.25) is 0 Å². The molecule has 0 unspecified atom stereocenters. The number of hydrogen-bond acceptors (Lipinski definition) is 3. The summed E-state index contributed by atoms with van der Waals surface area (Å²) in [6, 6.07) is 14.7. The fraction of sp³-hybridized carbons (Fsp3) is 0.263. The zero-order valence-electron chi connectivity index (χ0n) is 13.5. The van der Waals surface area contributed by atoms with Gasteiger partial charge < -0.3 is 10.1 Å². The highest BCUT2D eigenvalue weighted by Crippen LogP contribution is 2.13. The van der Waals surface area contributed by atoms with E-state index in [2.05, 4.69) is 12.2 Å². The van der Waals surface area contributed by atoms with E-state index in [-0.39, 0.29) is 24.8 Å². The first kappa shape index (κ1) is 16.7. The Labute approximate surface area is 136 Å². The number of ether oxygens (including phenoxy) is 1. The molecule has 0 heterocycles. The number of carbonyl (C=O) groups excluding carboxylic acids is 2. The van der Waals surface area contributed by atoms with Crippen molar-refractivity contribution in [2.24, 2.45) is 0 Å². The van der Waals surface area contributed by atoms with Crippen molar-refractivity contribution in [3.05, 3.63) is 65.2 Å². The molecule has 1 N–H and O–H groups in total. The summed E-state index contributed by atoms with van der Waals surface area (Å²) in [5.74, 6) is -0.0233. The van der Waals surface area contributed by atoms with Gasteiger partial charge >= 0.3 is 5.97 Å². The smallest absolute Gasteiger partial charge is 0.312 e. The maximum atomic E-state index is 11.9. The molecule has 0 atom stereocenters. The van der Waals surface area contributed by atoms with Gasteiger partial charge in [0.1, 0.15) is 5.75 Å². The first-order valence-electron chi connectivity index (χ1n) is 7.73. The zero-order chi connectivity index (χ0) is 16.7. The molecule has 0 saturated heterocycles. The van der Waals surface area contributed by atoms with E-state index in [9.17, 15) is 9.59 Å². The minimum atomic E-state index is -0.362. The number of carbonyl (C=O) groups is 2. The van der Waals surface area contributed by atoms with Crippen LogP contribution in [0.1, 0.15) is 34.8 Å². The minimum Gasteiger partial charge on any atom is -0.426 e. The van der Waals surface area contributed by atoms with E-state index in [1.165, 1.54) is 5.56 Å². The molecule has 120 valence electrons. The molecule has 0 aliphatic carbocycles. The molecule has 0 aromatic heterocycles. The molecule has 2 rings (SSSR count). The highest BCUT2D eigenvalue weighted by atomic mass is 16.5. The topological polar surface area (TPSA) is 55.4 Å². The molecule has 0 aliphatic heterocycles. The van der Waals surface area contributed by atoms with E-state index in [0.29, 0.717) is 11.3 Å². The summed E-state index contributed by atoms with van der Waals surface area (Å²) in [6.45, 7) is 4.24. The lowest BCUT2D eigenvalue weighted by Crippen LogP contribution is -2.27. The monoisotopic (exact) mass is 311 g/mol. The van der Waals surface area contributed by atoms with Crippen molar-refractivity contribution in [2.75, 3.05) is 6.54 Å². The van der Waals surface area contributed by atoms with Crippen LogP contribution in [-0.4, -0.2) is 18.4 Å². The quantitative estimate of drug-likeness (QED) is 0.658. The normalized spacial score (nSPS) is 10.2. The van der Waals surface area contributed by atoms with Crippen LogP contribution in [0.5, 0.6) is 5.75 Å². The van der Waals surface area contributed by atoms with E-state index in [0.717, 1.165) is 12.0 Å². The zero-order valence-corrected chi connectivity index (χ0v) is 13.5. The summed E-state index contributed by atoms with van der Waals surface area (Å²) in [6.07, 6.45) is 1.08. The predicted molar refractivity (Wildman–Crippen MR) is 89.6 cm³/mol. The van der Waals surface area contributed by atoms with Gasteiger partial charge in [-0.05, 0) is 43.2 Å². The Morgan fingerprint density at radius 2 is 1.83 bits per heavy atom. The first-order valence-corrected chi connectivity index (χ1v) is 7.73. The van der Waals surface area contributed by atoms with Crippen LogP contribution in [0, 0.1) is 6.92 Å². The summed E-state index contributed by atoms with van der Waals surface area (Å²) in [4.78, 5) is 23.7. The van der Waals surface area contributed by atoms with Gasteiger partial charge in [0.15, 0.2) is 0 Å². The number of esters is 1. The van der Waals surface area contributed by atoms with E-state index >= 15 is 0 Å². The molecular formula is C19H21NO3. The van der Waals surface area contributed by atoms with Crippen LogP contribution < -0.4 is 10.1 Å². The third-order valence-electron chi connectivity index (χ3n) is 3.46. The van der Waals surface area contributed by atoms with Crippen LogP contribution in [0.3, 0.4) is 0 Å². The standard InChI is InChI=1S/C19H21NO3/c1-3-15-7-9-17(10-8-15)23-18(21)11-12-20-19(22)16-6-4-5-14(2)13-16/h4-10,13H,3,11-12H2,1-2H3,(H,20,22). The Hall–Kier alpha value is -2.62. The van der Waals surface area contributed by atoms with Crippen molar-refractivity contribution in [1.29, 1.82) is 0 Å². The number of hydrogen-bond donors (Lipinski definition) is 1. The van der Waals surface area contributed by atoms with Crippen molar-refractivity contribution in [3.63, 3.8) is 0 Å². The van der Waals surface area contributed by atoms with Crippen LogP contribution in [0.2, 0.25) is 0 Å². The maximum absolute atomic E-state index is 11.9. The van der Waals surface area contributed by atoms with Crippen LogP contribution >= 0.6 is 0 Å². The molecule has 0 radical (unpaired) electrons. The van der Waals surface area contributed by atoms with Crippen LogP contribution in [0.15, 0.2) is 48.5 Å². The van der Waals surface area contributed by atoms with E-state index in [1.807, 2.05) is 37.3 Å². The molecule has 1 amide bonds. The van der Waals surface area contributed by atoms with Crippen LogP contribution in [0.4, 0.5) is 0 Å². The van der Waals surface area contributed by atoms with Gasteiger partial charge in [0, 0.05) is 12.1 Å². The molecule has 2 aromatic rings. The molecule has 4 nitrogen and oxygen atoms in total. The summed E-state index contributed by atoms with van der Waals surface area (Å²) in [7, 11) is 0. The summed E-state index contributed by atoms with van der Waals surface area (Å²) < 4.78 is 5.23. The Morgan fingerprint density at radius 1 is 1.09 bits per heavy atom. The van der Waals surface area contributed by atoms with Crippen molar-refractivity contribution < 1.29 is 14.3 Å². The SMILES string of the molecule is CCc1ccc(OC(=O)CCNC(=O)c2cccc(C)c2)cc1. The van der Waals surface area contributed by atoms with Crippen LogP contribution in [-0.2, 0) is 11.2 Å². The average Bonchev–Trinajstić information content (AvgIpc) is 2.55. The Bertz CT molecular complexity index is 677. The van der Waals surface area contributed by atoms with Crippen molar-refractivity contribution in [1.82, 2.24) is 5.32 Å². The number of rotatable bonds is 6. The second-order valence-electron chi connectivity index (χ2n) is 5.35. The summed E-state index contributed by atoms with van der Waals surface area (Å²) >= 11 is 0. The van der Waals surface area contributed by atoms with E-state index in [1.54, 1.807) is 18.2 Å². The molecule has 0 saturated carbocycles. The lowest BCUT2D eigenvalue weighted by Gasteiger charge is -2.07. The molecule has 0 bridgehead atoms. The molecule has 23 heavy (non-hydrogen) atoms. The summed E-state index contributed by atoms with van der Waals surface area (Å²) in [5.41, 5.74) is 2.80. The predicted octanol–water partition coefficient (Wildman–Crippen LogP) is 3.28. The maximum Gasteiger partial charge on any atom is 0.312 e. The van der Waals surface area contributed by atoms with Gasteiger partial charge in [-0.15, -0.1) is 0 Å². The number of benzene rings is 2. The van der Waals surface area contributed by atoms with Gasteiger partial charge in [-0.3, -0.25) is 9.59 Å². The molecule has 0 fully saturated rings. The number of nitrogens with one attached hydrogen (secondary N) is 1. The Balaban J connectivity index is 1.77. The lowest BCUT2D eigenvalue weighted by molar-refractivity contribution is -0.134. The van der Waals surface area contributed by atoms with Crippen molar-refractivity contribution >= 4 is 11.9 Å². The first-order chi connectivity index (χ1) is 11.1. The van der Waals surface area contributed by atoms with Crippen molar-refractivity contribution in [2.45, 2.75) is 26.7 Å². The van der Waals surface area contributed by atoms with Gasteiger partial charge in [-0.2, -0.15) is 0 Å². The largest absolute Gasteiger partial charge is 0.426 e. The fourth-order valence-electron chi connectivity index (χ4n) is 2.14. The lowest BCUT2D eigenvalue weighted by atomic mass is 10.1. The number of aryl methyl sites for hydroxylation is 2. The Morgan fingerprint density at radius 3 is 2.48 bits per heavy atom. The second kappa shape index (κ2) is 8.13. The van der Waals surface area contributed by atoms with Crippen LogP contribution in [0.25, 0.3) is 0 Å². The summed E-state index contributed by atoms with van der Waals surface area (Å²) in [5, 5.41) is 2.72. The van der Waals surface area contributed by atoms with Gasteiger partial charge in [-0.25, -0.2) is 0 Å².